The number of hydrogen-bond donors (Lipinski definition) is 2. The number of sulfonamides is 1. The minimum atomic E-state index is -3.69. The molecule has 0 aliphatic carbocycles. The maximum atomic E-state index is 13.3. The summed E-state index contributed by atoms with van der Waals surface area (Å²) in [6, 6.07) is 3.49. The standard InChI is InChI=1S/C11H16F2N2O2S/c1-8(2)14-6-7-18(16,17)15-10-5-3-4-9(12)11(10)13/h3-5,8,14-15H,6-7H2,1-2H3. The second-order valence-corrected chi connectivity index (χ2v) is 5.97. The Balaban J connectivity index is 2.68. The molecule has 0 heterocycles. The number of rotatable bonds is 6. The van der Waals surface area contributed by atoms with Crippen molar-refractivity contribution in [1.29, 1.82) is 0 Å². The Hall–Kier alpha value is -1.21. The molecule has 0 aliphatic heterocycles. The van der Waals surface area contributed by atoms with Gasteiger partial charge in [-0.15, -0.1) is 0 Å². The highest BCUT2D eigenvalue weighted by molar-refractivity contribution is 7.92. The molecule has 2 N–H and O–H groups in total. The molecule has 102 valence electrons. The summed E-state index contributed by atoms with van der Waals surface area (Å²) in [5.74, 6) is -2.49. The van der Waals surface area contributed by atoms with Crippen LogP contribution >= 0.6 is 0 Å². The van der Waals surface area contributed by atoms with Gasteiger partial charge in [-0.25, -0.2) is 17.2 Å². The van der Waals surface area contributed by atoms with Gasteiger partial charge < -0.3 is 5.32 Å². The quantitative estimate of drug-likeness (QED) is 0.832. The van der Waals surface area contributed by atoms with E-state index in [-0.39, 0.29) is 24.0 Å². The van der Waals surface area contributed by atoms with Gasteiger partial charge in [0.2, 0.25) is 10.0 Å². The number of halogens is 2. The lowest BCUT2D eigenvalue weighted by Gasteiger charge is -2.11. The first-order valence-corrected chi connectivity index (χ1v) is 7.15. The van der Waals surface area contributed by atoms with Crippen LogP contribution in [0.25, 0.3) is 0 Å². The van der Waals surface area contributed by atoms with Gasteiger partial charge in [0.1, 0.15) is 0 Å². The van der Waals surface area contributed by atoms with E-state index in [1.165, 1.54) is 12.1 Å². The van der Waals surface area contributed by atoms with E-state index < -0.39 is 21.7 Å². The monoisotopic (exact) mass is 278 g/mol. The van der Waals surface area contributed by atoms with E-state index in [9.17, 15) is 17.2 Å². The predicted molar refractivity (Wildman–Crippen MR) is 66.9 cm³/mol. The van der Waals surface area contributed by atoms with Gasteiger partial charge in [-0.2, -0.15) is 0 Å². The first kappa shape index (κ1) is 14.8. The molecule has 0 fully saturated rings. The fourth-order valence-electron chi connectivity index (χ4n) is 1.28. The molecule has 4 nitrogen and oxygen atoms in total. The summed E-state index contributed by atoms with van der Waals surface area (Å²) in [5, 5.41) is 2.93. The van der Waals surface area contributed by atoms with Crippen molar-refractivity contribution >= 4 is 15.7 Å². The Morgan fingerprint density at radius 3 is 2.56 bits per heavy atom. The topological polar surface area (TPSA) is 58.2 Å². The fourth-order valence-corrected chi connectivity index (χ4v) is 2.26. The third-order valence-corrected chi connectivity index (χ3v) is 3.41. The van der Waals surface area contributed by atoms with E-state index in [1.54, 1.807) is 0 Å². The number of benzene rings is 1. The normalized spacial score (nSPS) is 11.8. The van der Waals surface area contributed by atoms with Crippen LogP contribution in [0.15, 0.2) is 18.2 Å². The Bertz CT molecular complexity index is 504. The van der Waals surface area contributed by atoms with Crippen molar-refractivity contribution in [2.24, 2.45) is 0 Å². The van der Waals surface area contributed by atoms with Crippen molar-refractivity contribution in [2.75, 3.05) is 17.0 Å². The second kappa shape index (κ2) is 6.10. The van der Waals surface area contributed by atoms with Crippen molar-refractivity contribution < 1.29 is 17.2 Å². The third kappa shape index (κ3) is 4.58. The van der Waals surface area contributed by atoms with Crippen LogP contribution in [-0.2, 0) is 10.0 Å². The number of nitrogens with one attached hydrogen (secondary N) is 2. The van der Waals surface area contributed by atoms with Crippen molar-refractivity contribution in [1.82, 2.24) is 5.32 Å². The molecule has 0 saturated carbocycles. The second-order valence-electron chi connectivity index (χ2n) is 4.13. The Morgan fingerprint density at radius 2 is 1.94 bits per heavy atom. The minimum Gasteiger partial charge on any atom is -0.313 e. The van der Waals surface area contributed by atoms with Crippen LogP contribution in [0.1, 0.15) is 13.8 Å². The Labute approximate surface area is 105 Å². The van der Waals surface area contributed by atoms with Crippen molar-refractivity contribution in [3.05, 3.63) is 29.8 Å². The highest BCUT2D eigenvalue weighted by Crippen LogP contribution is 2.17. The molecule has 18 heavy (non-hydrogen) atoms. The van der Waals surface area contributed by atoms with Crippen LogP contribution in [0, 0.1) is 11.6 Å². The summed E-state index contributed by atoms with van der Waals surface area (Å²) in [7, 11) is -3.69. The largest absolute Gasteiger partial charge is 0.313 e. The maximum Gasteiger partial charge on any atom is 0.234 e. The Morgan fingerprint density at radius 1 is 1.28 bits per heavy atom. The van der Waals surface area contributed by atoms with Crippen LogP contribution in [-0.4, -0.2) is 26.8 Å². The maximum absolute atomic E-state index is 13.3. The molecular weight excluding hydrogens is 262 g/mol. The smallest absolute Gasteiger partial charge is 0.234 e. The molecule has 0 amide bonds. The van der Waals surface area contributed by atoms with E-state index in [4.69, 9.17) is 0 Å². The van der Waals surface area contributed by atoms with E-state index in [2.05, 4.69) is 5.32 Å². The zero-order valence-corrected chi connectivity index (χ0v) is 11.0. The summed E-state index contributed by atoms with van der Waals surface area (Å²) in [6.07, 6.45) is 0. The third-order valence-electron chi connectivity index (χ3n) is 2.14. The predicted octanol–water partition coefficient (Wildman–Crippen LogP) is 1.70. The summed E-state index contributed by atoms with van der Waals surface area (Å²) in [4.78, 5) is 0. The SMILES string of the molecule is CC(C)NCCS(=O)(=O)Nc1cccc(F)c1F. The highest BCUT2D eigenvalue weighted by Gasteiger charge is 2.15. The zero-order chi connectivity index (χ0) is 13.8. The average molecular weight is 278 g/mol. The molecule has 0 aromatic heterocycles. The van der Waals surface area contributed by atoms with Crippen LogP contribution in [0.4, 0.5) is 14.5 Å². The first-order chi connectivity index (χ1) is 8.32. The van der Waals surface area contributed by atoms with Gasteiger partial charge >= 0.3 is 0 Å². The molecule has 0 radical (unpaired) electrons. The zero-order valence-electron chi connectivity index (χ0n) is 10.2. The van der Waals surface area contributed by atoms with Gasteiger partial charge in [-0.3, -0.25) is 4.72 Å². The molecule has 0 unspecified atom stereocenters. The average Bonchev–Trinajstić information content (AvgIpc) is 2.23. The molecule has 7 heteroatoms. The van der Waals surface area contributed by atoms with E-state index >= 15 is 0 Å². The van der Waals surface area contributed by atoms with Crippen molar-refractivity contribution in [3.63, 3.8) is 0 Å². The van der Waals surface area contributed by atoms with Crippen LogP contribution < -0.4 is 10.0 Å². The molecule has 0 spiro atoms. The molecule has 0 aliphatic rings. The molecular formula is C11H16F2N2O2S. The van der Waals surface area contributed by atoms with Gasteiger partial charge in [0.15, 0.2) is 11.6 Å². The summed E-state index contributed by atoms with van der Waals surface area (Å²) in [6.45, 7) is 4.00. The number of anilines is 1. The molecule has 1 aromatic rings. The lowest BCUT2D eigenvalue weighted by Crippen LogP contribution is -2.31. The molecule has 1 rings (SSSR count). The highest BCUT2D eigenvalue weighted by atomic mass is 32.2. The summed E-state index contributed by atoms with van der Waals surface area (Å²) >= 11 is 0. The van der Waals surface area contributed by atoms with Gasteiger partial charge in [-0.1, -0.05) is 19.9 Å². The molecule has 0 bridgehead atoms. The van der Waals surface area contributed by atoms with Crippen molar-refractivity contribution in [2.45, 2.75) is 19.9 Å². The van der Waals surface area contributed by atoms with Crippen LogP contribution in [0.5, 0.6) is 0 Å². The summed E-state index contributed by atoms with van der Waals surface area (Å²) in [5.41, 5.74) is -0.375. The van der Waals surface area contributed by atoms with Gasteiger partial charge in [0, 0.05) is 12.6 Å². The molecule has 0 atom stereocenters. The lowest BCUT2D eigenvalue weighted by atomic mass is 10.3. The van der Waals surface area contributed by atoms with E-state index in [1.807, 2.05) is 18.6 Å². The first-order valence-electron chi connectivity index (χ1n) is 5.50. The van der Waals surface area contributed by atoms with E-state index in [0.29, 0.717) is 0 Å². The van der Waals surface area contributed by atoms with Crippen LogP contribution in [0.3, 0.4) is 0 Å². The fraction of sp³-hybridized carbons (Fsp3) is 0.455. The minimum absolute atomic E-state index is 0.158. The molecule has 0 saturated heterocycles. The van der Waals surface area contributed by atoms with Crippen molar-refractivity contribution in [3.8, 4) is 0 Å². The Kier molecular flexibility index (Phi) is 5.03. The van der Waals surface area contributed by atoms with Crippen LogP contribution in [0.2, 0.25) is 0 Å². The van der Waals surface area contributed by atoms with Gasteiger partial charge in [0.25, 0.3) is 0 Å². The van der Waals surface area contributed by atoms with E-state index in [0.717, 1.165) is 6.07 Å². The summed E-state index contributed by atoms with van der Waals surface area (Å²) < 4.78 is 51.4. The molecule has 1 aromatic carbocycles. The van der Waals surface area contributed by atoms with Gasteiger partial charge in [0.05, 0.1) is 11.4 Å². The number of hydrogen-bond acceptors (Lipinski definition) is 3. The van der Waals surface area contributed by atoms with Gasteiger partial charge in [-0.05, 0) is 12.1 Å². The lowest BCUT2D eigenvalue weighted by molar-refractivity contribution is 0.511.